The van der Waals surface area contributed by atoms with E-state index in [1.54, 1.807) is 18.3 Å². The zero-order valence-electron chi connectivity index (χ0n) is 19.1. The highest BCUT2D eigenvalue weighted by atomic mass is 16.7. The van der Waals surface area contributed by atoms with Gasteiger partial charge < -0.3 is 5.32 Å². The number of nitrogens with zero attached hydrogens (tertiary/aromatic N) is 3. The molecule has 0 spiro atoms. The van der Waals surface area contributed by atoms with Crippen molar-refractivity contribution in [1.29, 1.82) is 5.26 Å². The van der Waals surface area contributed by atoms with Crippen molar-refractivity contribution in [2.75, 3.05) is 10.4 Å². The molecular weight excluding hydrogens is 426 g/mol. The lowest BCUT2D eigenvalue weighted by Gasteiger charge is -2.24. The minimum absolute atomic E-state index is 0.214. The minimum Gasteiger partial charge on any atom is -0.335 e. The minimum atomic E-state index is -0.214. The van der Waals surface area contributed by atoms with Crippen molar-refractivity contribution >= 4 is 17.5 Å². The highest BCUT2D eigenvalue weighted by Gasteiger charge is 2.16. The SMILES string of the molecule is N#Cc1ccc(CON(Cc2ccnc(NC(=O)NC3CCCCC3)c2)c2ccccc2)cc1. The summed E-state index contributed by atoms with van der Waals surface area (Å²) in [6.07, 6.45) is 7.32. The maximum absolute atomic E-state index is 12.4. The maximum Gasteiger partial charge on any atom is 0.320 e. The number of pyridine rings is 1. The molecule has 1 aliphatic carbocycles. The molecule has 1 aromatic heterocycles. The molecule has 1 heterocycles. The summed E-state index contributed by atoms with van der Waals surface area (Å²) < 4.78 is 0. The van der Waals surface area contributed by atoms with Crippen molar-refractivity contribution in [3.8, 4) is 6.07 Å². The van der Waals surface area contributed by atoms with Crippen LogP contribution in [0.1, 0.15) is 48.8 Å². The fourth-order valence-corrected chi connectivity index (χ4v) is 4.03. The van der Waals surface area contributed by atoms with Crippen molar-refractivity contribution in [2.45, 2.75) is 51.3 Å². The lowest BCUT2D eigenvalue weighted by molar-refractivity contribution is 0.0909. The van der Waals surface area contributed by atoms with Crippen molar-refractivity contribution in [3.05, 3.63) is 89.6 Å². The average Bonchev–Trinajstić information content (AvgIpc) is 2.88. The number of hydrogen-bond donors (Lipinski definition) is 2. The van der Waals surface area contributed by atoms with Crippen LogP contribution >= 0.6 is 0 Å². The van der Waals surface area contributed by atoms with E-state index >= 15 is 0 Å². The van der Waals surface area contributed by atoms with E-state index in [2.05, 4.69) is 21.7 Å². The van der Waals surface area contributed by atoms with E-state index in [1.807, 2.05) is 59.7 Å². The molecule has 4 rings (SSSR count). The zero-order valence-corrected chi connectivity index (χ0v) is 19.1. The van der Waals surface area contributed by atoms with Gasteiger partial charge in [-0.05, 0) is 60.4 Å². The Kier molecular flexibility index (Phi) is 8.09. The van der Waals surface area contributed by atoms with E-state index in [4.69, 9.17) is 10.1 Å². The highest BCUT2D eigenvalue weighted by Crippen LogP contribution is 2.20. The molecule has 174 valence electrons. The van der Waals surface area contributed by atoms with Gasteiger partial charge in [0.05, 0.1) is 30.5 Å². The Morgan fingerprint density at radius 1 is 1.03 bits per heavy atom. The van der Waals surface area contributed by atoms with E-state index in [0.717, 1.165) is 42.5 Å². The van der Waals surface area contributed by atoms with Gasteiger partial charge in [-0.2, -0.15) is 5.26 Å². The van der Waals surface area contributed by atoms with Gasteiger partial charge in [0.1, 0.15) is 5.82 Å². The van der Waals surface area contributed by atoms with Crippen LogP contribution < -0.4 is 15.7 Å². The molecule has 2 aromatic carbocycles. The molecule has 7 nitrogen and oxygen atoms in total. The molecule has 3 aromatic rings. The van der Waals surface area contributed by atoms with Crippen LogP contribution in [0.2, 0.25) is 0 Å². The summed E-state index contributed by atoms with van der Waals surface area (Å²) in [5.74, 6) is 0.505. The molecule has 0 radical (unpaired) electrons. The van der Waals surface area contributed by atoms with Crippen LogP contribution in [0.25, 0.3) is 0 Å². The molecule has 34 heavy (non-hydrogen) atoms. The van der Waals surface area contributed by atoms with Crippen LogP contribution in [-0.2, 0) is 18.0 Å². The maximum atomic E-state index is 12.4. The second kappa shape index (κ2) is 11.8. The molecular formula is C27H29N5O2. The van der Waals surface area contributed by atoms with Gasteiger partial charge in [0, 0.05) is 12.2 Å². The third kappa shape index (κ3) is 6.80. The summed E-state index contributed by atoms with van der Waals surface area (Å²) in [5.41, 5.74) is 3.45. The number of aromatic nitrogens is 1. The summed E-state index contributed by atoms with van der Waals surface area (Å²) in [6, 6.07) is 23.1. The monoisotopic (exact) mass is 455 g/mol. The van der Waals surface area contributed by atoms with Crippen LogP contribution in [0.4, 0.5) is 16.3 Å². The van der Waals surface area contributed by atoms with Crippen molar-refractivity contribution < 1.29 is 9.63 Å². The predicted molar refractivity (Wildman–Crippen MR) is 132 cm³/mol. The fraction of sp³-hybridized carbons (Fsp3) is 0.296. The number of anilines is 2. The number of amides is 2. The topological polar surface area (TPSA) is 90.3 Å². The zero-order chi connectivity index (χ0) is 23.6. The number of hydrogen-bond acceptors (Lipinski definition) is 5. The molecule has 2 amide bonds. The van der Waals surface area contributed by atoms with Gasteiger partial charge >= 0.3 is 6.03 Å². The van der Waals surface area contributed by atoms with Crippen LogP contribution in [-0.4, -0.2) is 17.1 Å². The molecule has 0 saturated heterocycles. The molecule has 1 saturated carbocycles. The first-order valence-corrected chi connectivity index (χ1v) is 11.7. The summed E-state index contributed by atoms with van der Waals surface area (Å²) in [7, 11) is 0. The molecule has 7 heteroatoms. The van der Waals surface area contributed by atoms with E-state index in [-0.39, 0.29) is 12.1 Å². The Morgan fingerprint density at radius 2 is 1.79 bits per heavy atom. The Labute approximate surface area is 200 Å². The molecule has 1 aliphatic rings. The standard InChI is InChI=1S/C27H29N5O2/c28-18-21-11-13-22(14-12-21)20-34-32(25-9-5-2-6-10-25)19-23-15-16-29-26(17-23)31-27(33)30-24-7-3-1-4-8-24/h2,5-6,9-17,24H,1,3-4,7-8,19-20H2,(H2,29,30,31,33). The van der Waals surface area contributed by atoms with E-state index < -0.39 is 0 Å². The fourth-order valence-electron chi connectivity index (χ4n) is 4.03. The number of hydroxylamine groups is 1. The first-order valence-electron chi connectivity index (χ1n) is 11.7. The second-order valence-corrected chi connectivity index (χ2v) is 8.44. The molecule has 0 bridgehead atoms. The Hall–Kier alpha value is -3.89. The number of carbonyl (C=O) groups is 1. The Morgan fingerprint density at radius 3 is 2.53 bits per heavy atom. The second-order valence-electron chi connectivity index (χ2n) is 8.44. The van der Waals surface area contributed by atoms with E-state index in [9.17, 15) is 4.79 Å². The number of nitrogens with one attached hydrogen (secondary N) is 2. The van der Waals surface area contributed by atoms with E-state index in [0.29, 0.717) is 24.5 Å². The number of nitriles is 1. The first-order chi connectivity index (χ1) is 16.7. The average molecular weight is 456 g/mol. The van der Waals surface area contributed by atoms with Crippen LogP contribution in [0, 0.1) is 11.3 Å². The van der Waals surface area contributed by atoms with Gasteiger partial charge in [0.15, 0.2) is 0 Å². The third-order valence-corrected chi connectivity index (χ3v) is 5.85. The summed E-state index contributed by atoms with van der Waals surface area (Å²) in [5, 5.41) is 16.7. The third-order valence-electron chi connectivity index (χ3n) is 5.85. The molecule has 1 fully saturated rings. The summed E-state index contributed by atoms with van der Waals surface area (Å²) in [4.78, 5) is 22.9. The predicted octanol–water partition coefficient (Wildman–Crippen LogP) is 5.55. The molecule has 0 unspecified atom stereocenters. The number of urea groups is 1. The van der Waals surface area contributed by atoms with Crippen LogP contribution in [0.5, 0.6) is 0 Å². The summed E-state index contributed by atoms with van der Waals surface area (Å²) in [6.45, 7) is 0.836. The van der Waals surface area contributed by atoms with Crippen molar-refractivity contribution in [2.24, 2.45) is 0 Å². The quantitative estimate of drug-likeness (QED) is 0.435. The molecule has 0 aliphatic heterocycles. The lowest BCUT2D eigenvalue weighted by atomic mass is 9.96. The van der Waals surface area contributed by atoms with Gasteiger partial charge in [0.25, 0.3) is 0 Å². The van der Waals surface area contributed by atoms with E-state index in [1.165, 1.54) is 6.42 Å². The van der Waals surface area contributed by atoms with Crippen molar-refractivity contribution in [1.82, 2.24) is 10.3 Å². The smallest absolute Gasteiger partial charge is 0.320 e. The normalized spacial score (nSPS) is 13.6. The Balaban J connectivity index is 1.41. The van der Waals surface area contributed by atoms with Crippen molar-refractivity contribution in [3.63, 3.8) is 0 Å². The molecule has 0 atom stereocenters. The van der Waals surface area contributed by atoms with Crippen LogP contribution in [0.15, 0.2) is 72.9 Å². The largest absolute Gasteiger partial charge is 0.335 e. The van der Waals surface area contributed by atoms with Gasteiger partial charge in [-0.25, -0.2) is 14.8 Å². The van der Waals surface area contributed by atoms with Gasteiger partial charge in [-0.1, -0.05) is 49.6 Å². The molecule has 2 N–H and O–H groups in total. The van der Waals surface area contributed by atoms with Gasteiger partial charge in [-0.15, -0.1) is 0 Å². The van der Waals surface area contributed by atoms with Gasteiger partial charge in [-0.3, -0.25) is 10.2 Å². The van der Waals surface area contributed by atoms with Crippen LogP contribution in [0.3, 0.4) is 0 Å². The number of carbonyl (C=O) groups excluding carboxylic acids is 1. The first kappa shape index (κ1) is 23.3. The number of para-hydroxylation sites is 1. The lowest BCUT2D eigenvalue weighted by Crippen LogP contribution is -2.39. The van der Waals surface area contributed by atoms with Gasteiger partial charge in [0.2, 0.25) is 0 Å². The number of rotatable bonds is 8. The Bertz CT molecular complexity index is 1110. The number of benzene rings is 2. The highest BCUT2D eigenvalue weighted by molar-refractivity contribution is 5.88. The summed E-state index contributed by atoms with van der Waals surface area (Å²) >= 11 is 0.